The van der Waals surface area contributed by atoms with Gasteiger partial charge in [0.05, 0.1) is 4.90 Å². The van der Waals surface area contributed by atoms with Crippen molar-refractivity contribution in [3.8, 4) is 0 Å². The van der Waals surface area contributed by atoms with E-state index in [-0.39, 0.29) is 6.04 Å². The van der Waals surface area contributed by atoms with Gasteiger partial charge in [0.2, 0.25) is 10.0 Å². The molecular weight excluding hydrogens is 274 g/mol. The zero-order valence-corrected chi connectivity index (χ0v) is 13.2. The van der Waals surface area contributed by atoms with Crippen LogP contribution >= 0.6 is 0 Å². The van der Waals surface area contributed by atoms with Gasteiger partial charge in [-0.25, -0.2) is 8.42 Å². The normalized spacial score (nSPS) is 22.1. The van der Waals surface area contributed by atoms with Crippen molar-refractivity contribution in [2.24, 2.45) is 0 Å². The minimum atomic E-state index is -3.46. The van der Waals surface area contributed by atoms with Crippen LogP contribution in [0.4, 0.5) is 5.69 Å². The van der Waals surface area contributed by atoms with Crippen molar-refractivity contribution in [1.29, 1.82) is 0 Å². The quantitative estimate of drug-likeness (QED) is 0.850. The highest BCUT2D eigenvalue weighted by molar-refractivity contribution is 7.89. The number of nitrogens with two attached hydrogens (primary N) is 1. The molecule has 1 heterocycles. The highest BCUT2D eigenvalue weighted by atomic mass is 32.2. The van der Waals surface area contributed by atoms with Crippen molar-refractivity contribution < 1.29 is 8.42 Å². The van der Waals surface area contributed by atoms with E-state index in [0.29, 0.717) is 17.1 Å². The Labute approximate surface area is 121 Å². The summed E-state index contributed by atoms with van der Waals surface area (Å²) in [5, 5.41) is 0. The van der Waals surface area contributed by atoms with Crippen molar-refractivity contribution >= 4 is 15.7 Å². The van der Waals surface area contributed by atoms with E-state index in [1.54, 1.807) is 16.4 Å². The van der Waals surface area contributed by atoms with Crippen LogP contribution < -0.4 is 5.73 Å². The Morgan fingerprint density at radius 1 is 1.35 bits per heavy atom. The van der Waals surface area contributed by atoms with Gasteiger partial charge in [0, 0.05) is 31.4 Å². The fourth-order valence-corrected chi connectivity index (χ4v) is 4.32. The Hall–Kier alpha value is -1.11. The minimum Gasteiger partial charge on any atom is -0.398 e. The van der Waals surface area contributed by atoms with Crippen molar-refractivity contribution in [2.45, 2.75) is 31.2 Å². The van der Waals surface area contributed by atoms with Crippen LogP contribution in [0.1, 0.15) is 19.4 Å². The highest BCUT2D eigenvalue weighted by Crippen LogP contribution is 2.24. The number of aryl methyl sites for hydroxylation is 1. The van der Waals surface area contributed by atoms with Gasteiger partial charge < -0.3 is 10.6 Å². The van der Waals surface area contributed by atoms with Gasteiger partial charge in [-0.05, 0) is 38.1 Å². The molecule has 5 nitrogen and oxygen atoms in total. The third-order valence-corrected chi connectivity index (χ3v) is 5.88. The van der Waals surface area contributed by atoms with E-state index in [9.17, 15) is 8.42 Å². The number of benzene rings is 1. The number of nitrogens with zero attached hydrogens (tertiary/aromatic N) is 2. The Bertz CT molecular complexity index is 586. The molecule has 2 N–H and O–H groups in total. The van der Waals surface area contributed by atoms with E-state index in [1.165, 1.54) is 0 Å². The van der Waals surface area contributed by atoms with Gasteiger partial charge in [-0.2, -0.15) is 4.31 Å². The summed E-state index contributed by atoms with van der Waals surface area (Å²) >= 11 is 0. The second-order valence-electron chi connectivity index (χ2n) is 5.44. The average Bonchev–Trinajstić information content (AvgIpc) is 2.38. The van der Waals surface area contributed by atoms with Crippen molar-refractivity contribution in [2.75, 3.05) is 32.4 Å². The molecule has 0 bridgehead atoms. The van der Waals surface area contributed by atoms with Crippen LogP contribution in [0.25, 0.3) is 0 Å². The van der Waals surface area contributed by atoms with Crippen molar-refractivity contribution in [3.63, 3.8) is 0 Å². The molecule has 0 spiro atoms. The van der Waals surface area contributed by atoms with Gasteiger partial charge in [-0.3, -0.25) is 0 Å². The van der Waals surface area contributed by atoms with Crippen LogP contribution in [-0.4, -0.2) is 50.3 Å². The van der Waals surface area contributed by atoms with Crippen LogP contribution in [0, 0.1) is 0 Å². The van der Waals surface area contributed by atoms with Gasteiger partial charge in [-0.1, -0.05) is 13.0 Å². The number of anilines is 1. The Kier molecular flexibility index (Phi) is 4.36. The Morgan fingerprint density at radius 2 is 2.05 bits per heavy atom. The second-order valence-corrected chi connectivity index (χ2v) is 7.33. The first-order chi connectivity index (χ1) is 9.36. The maximum atomic E-state index is 12.7. The zero-order chi connectivity index (χ0) is 14.9. The molecule has 1 aromatic carbocycles. The summed E-state index contributed by atoms with van der Waals surface area (Å²) in [5.41, 5.74) is 7.46. The molecule has 1 aromatic rings. The molecule has 1 aliphatic rings. The minimum absolute atomic E-state index is 0.0224. The van der Waals surface area contributed by atoms with E-state index in [4.69, 9.17) is 5.73 Å². The first-order valence-corrected chi connectivity index (χ1v) is 8.39. The van der Waals surface area contributed by atoms with Crippen LogP contribution in [0.15, 0.2) is 23.1 Å². The number of nitrogen functional groups attached to an aromatic ring is 1. The van der Waals surface area contributed by atoms with Gasteiger partial charge in [0.1, 0.15) is 0 Å². The highest BCUT2D eigenvalue weighted by Gasteiger charge is 2.32. The van der Waals surface area contributed by atoms with Gasteiger partial charge in [-0.15, -0.1) is 0 Å². The average molecular weight is 297 g/mol. The molecule has 0 radical (unpaired) electrons. The molecule has 0 aromatic heterocycles. The van der Waals surface area contributed by atoms with Gasteiger partial charge >= 0.3 is 0 Å². The number of hydrogen-bond acceptors (Lipinski definition) is 4. The van der Waals surface area contributed by atoms with E-state index in [1.807, 2.05) is 27.0 Å². The fraction of sp³-hybridized carbons (Fsp3) is 0.571. The summed E-state index contributed by atoms with van der Waals surface area (Å²) in [4.78, 5) is 2.44. The van der Waals surface area contributed by atoms with Crippen LogP contribution in [0.5, 0.6) is 0 Å². The van der Waals surface area contributed by atoms with Crippen LogP contribution in [-0.2, 0) is 16.4 Å². The molecular formula is C14H23N3O2S. The maximum Gasteiger partial charge on any atom is 0.243 e. The van der Waals surface area contributed by atoms with Gasteiger partial charge in [0.15, 0.2) is 0 Å². The Morgan fingerprint density at radius 3 is 2.60 bits per heavy atom. The number of likely N-dealkylation sites (N-methyl/N-ethyl adjacent to an activating group) is 1. The number of hydrogen-bond donors (Lipinski definition) is 1. The first-order valence-electron chi connectivity index (χ1n) is 6.95. The monoisotopic (exact) mass is 297 g/mol. The van der Waals surface area contributed by atoms with E-state index in [0.717, 1.165) is 25.1 Å². The first kappa shape index (κ1) is 15.3. The number of piperazine rings is 1. The summed E-state index contributed by atoms with van der Waals surface area (Å²) in [5.74, 6) is 0. The zero-order valence-electron chi connectivity index (χ0n) is 12.3. The molecule has 2 rings (SSSR count). The van der Waals surface area contributed by atoms with Crippen molar-refractivity contribution in [3.05, 3.63) is 23.8 Å². The Balaban J connectivity index is 2.33. The predicted molar refractivity (Wildman–Crippen MR) is 81.1 cm³/mol. The molecule has 6 heteroatoms. The molecule has 1 atom stereocenters. The molecule has 1 saturated heterocycles. The molecule has 0 amide bonds. The molecule has 1 fully saturated rings. The number of sulfonamides is 1. The lowest BCUT2D eigenvalue weighted by molar-refractivity contribution is 0.170. The number of rotatable bonds is 3. The summed E-state index contributed by atoms with van der Waals surface area (Å²) in [7, 11) is -1.45. The molecule has 20 heavy (non-hydrogen) atoms. The smallest absolute Gasteiger partial charge is 0.243 e. The topological polar surface area (TPSA) is 66.6 Å². The largest absolute Gasteiger partial charge is 0.398 e. The fourth-order valence-electron chi connectivity index (χ4n) is 2.67. The maximum absolute atomic E-state index is 12.7. The second kappa shape index (κ2) is 5.71. The van der Waals surface area contributed by atoms with Crippen LogP contribution in [0.3, 0.4) is 0 Å². The molecule has 112 valence electrons. The summed E-state index contributed by atoms with van der Waals surface area (Å²) < 4.78 is 27.0. The summed E-state index contributed by atoms with van der Waals surface area (Å²) in [6.45, 7) is 5.97. The van der Waals surface area contributed by atoms with E-state index in [2.05, 4.69) is 4.90 Å². The lowest BCUT2D eigenvalue weighted by Crippen LogP contribution is -2.52. The van der Waals surface area contributed by atoms with Crippen molar-refractivity contribution in [1.82, 2.24) is 9.21 Å². The standard InChI is InChI=1S/C14H23N3O2S/c1-4-12-5-6-13(9-14(12)15)20(18,19)17-8-7-16(3)10-11(17)2/h5-6,9,11H,4,7-8,10,15H2,1-3H3. The summed E-state index contributed by atoms with van der Waals surface area (Å²) in [6.07, 6.45) is 0.803. The summed E-state index contributed by atoms with van der Waals surface area (Å²) in [6, 6.07) is 5.03. The molecule has 1 aliphatic heterocycles. The molecule has 0 saturated carbocycles. The lowest BCUT2D eigenvalue weighted by Gasteiger charge is -2.37. The molecule has 0 aliphatic carbocycles. The third kappa shape index (κ3) is 2.82. The van der Waals surface area contributed by atoms with E-state index < -0.39 is 10.0 Å². The predicted octanol–water partition coefficient (Wildman–Crippen LogP) is 1.16. The molecule has 1 unspecified atom stereocenters. The van der Waals surface area contributed by atoms with Crippen LogP contribution in [0.2, 0.25) is 0 Å². The SMILES string of the molecule is CCc1ccc(S(=O)(=O)N2CCN(C)CC2C)cc1N. The van der Waals surface area contributed by atoms with Gasteiger partial charge in [0.25, 0.3) is 0 Å². The lowest BCUT2D eigenvalue weighted by atomic mass is 10.1. The van der Waals surface area contributed by atoms with E-state index >= 15 is 0 Å². The third-order valence-electron chi connectivity index (χ3n) is 3.87.